The van der Waals surface area contributed by atoms with Crippen molar-refractivity contribution in [2.45, 2.75) is 57.7 Å². The highest BCUT2D eigenvalue weighted by Crippen LogP contribution is 2.52. The number of esters is 1. The van der Waals surface area contributed by atoms with Crippen molar-refractivity contribution in [1.82, 2.24) is 14.8 Å². The average Bonchev–Trinajstić information content (AvgIpc) is 3.53. The highest BCUT2D eigenvalue weighted by atomic mass is 32.2. The number of carbonyl (C=O) groups is 3. The van der Waals surface area contributed by atoms with Gasteiger partial charge in [0.2, 0.25) is 5.91 Å². The molecule has 0 bridgehead atoms. The number of fused-ring (bicyclic) bond motifs is 1. The fraction of sp³-hybridized carbons (Fsp3) is 0.483. The molecule has 1 aromatic heterocycles. The Bertz CT molecular complexity index is 1540. The fourth-order valence-electron chi connectivity index (χ4n) is 5.67. The molecule has 0 spiro atoms. The van der Waals surface area contributed by atoms with E-state index in [4.69, 9.17) is 10.00 Å². The van der Waals surface area contributed by atoms with Crippen LogP contribution in [-0.4, -0.2) is 85.7 Å². The molecule has 44 heavy (non-hydrogen) atoms. The lowest BCUT2D eigenvalue weighted by Gasteiger charge is -2.46. The lowest BCUT2D eigenvalue weighted by molar-refractivity contribution is -0.384. The van der Waals surface area contributed by atoms with Crippen molar-refractivity contribution < 1.29 is 29.2 Å². The molecular formula is C29H32N6O7S2. The average molecular weight is 641 g/mol. The molecule has 4 heterocycles. The van der Waals surface area contributed by atoms with Gasteiger partial charge in [-0.1, -0.05) is 6.92 Å². The third-order valence-electron chi connectivity index (χ3n) is 8.07. The zero-order chi connectivity index (χ0) is 31.9. The number of β-lactam (4-membered cyclic amide) rings is 1. The molecule has 13 nitrogen and oxygen atoms in total. The van der Waals surface area contributed by atoms with Gasteiger partial charge in [-0.3, -0.25) is 19.7 Å². The summed E-state index contributed by atoms with van der Waals surface area (Å²) in [6.07, 6.45) is -0.867. The molecule has 15 heteroatoms. The van der Waals surface area contributed by atoms with Crippen LogP contribution in [0.5, 0.6) is 0 Å². The maximum atomic E-state index is 13.4. The van der Waals surface area contributed by atoms with E-state index in [2.05, 4.69) is 4.98 Å². The summed E-state index contributed by atoms with van der Waals surface area (Å²) >= 11 is 2.86. The van der Waals surface area contributed by atoms with Crippen molar-refractivity contribution in [3.8, 4) is 6.07 Å². The Morgan fingerprint density at radius 2 is 1.98 bits per heavy atom. The Hall–Kier alpha value is -4.00. The normalized spacial score (nSPS) is 21.8. The number of amides is 2. The number of carbonyl (C=O) groups excluding carboxylic acids is 3. The minimum absolute atomic E-state index is 0.0197. The number of aliphatic hydroxyl groups excluding tert-OH is 1. The zero-order valence-corrected chi connectivity index (χ0v) is 26.2. The number of nitro groups is 1. The van der Waals surface area contributed by atoms with Crippen molar-refractivity contribution in [3.05, 3.63) is 61.6 Å². The molecule has 3 aliphatic heterocycles. The number of hydrogen-bond donors (Lipinski definition) is 1. The van der Waals surface area contributed by atoms with E-state index >= 15 is 0 Å². The maximum Gasteiger partial charge on any atom is 0.356 e. The molecule has 4 atom stereocenters. The molecule has 1 aromatic carbocycles. The number of hydrogen-bond acceptors (Lipinski definition) is 12. The third-order valence-corrected chi connectivity index (χ3v) is 10.4. The van der Waals surface area contributed by atoms with Gasteiger partial charge in [-0.15, -0.1) is 23.1 Å². The van der Waals surface area contributed by atoms with Crippen LogP contribution in [0.3, 0.4) is 0 Å². The van der Waals surface area contributed by atoms with Crippen molar-refractivity contribution in [2.24, 2.45) is 11.8 Å². The van der Waals surface area contributed by atoms with Gasteiger partial charge in [0.1, 0.15) is 24.5 Å². The molecule has 2 amide bonds. The molecular weight excluding hydrogens is 608 g/mol. The van der Waals surface area contributed by atoms with Crippen molar-refractivity contribution in [3.63, 3.8) is 0 Å². The Balaban J connectivity index is 1.28. The summed E-state index contributed by atoms with van der Waals surface area (Å²) in [4.78, 5) is 60.0. The van der Waals surface area contributed by atoms with Crippen molar-refractivity contribution in [2.75, 3.05) is 24.5 Å². The van der Waals surface area contributed by atoms with Gasteiger partial charge in [0.05, 0.1) is 29.1 Å². The first-order valence-corrected chi connectivity index (χ1v) is 15.9. The Morgan fingerprint density at radius 3 is 2.57 bits per heavy atom. The highest BCUT2D eigenvalue weighted by Gasteiger charge is 2.60. The molecule has 1 N–H and O–H groups in total. The molecule has 0 aliphatic carbocycles. The molecule has 3 aliphatic rings. The van der Waals surface area contributed by atoms with Crippen LogP contribution in [-0.2, 0) is 20.9 Å². The Morgan fingerprint density at radius 1 is 1.30 bits per heavy atom. The van der Waals surface area contributed by atoms with E-state index < -0.39 is 22.9 Å². The minimum atomic E-state index is -0.867. The zero-order valence-electron chi connectivity index (χ0n) is 24.6. The number of benzene rings is 1. The smallest absolute Gasteiger partial charge is 0.356 e. The molecule has 0 saturated carbocycles. The van der Waals surface area contributed by atoms with Gasteiger partial charge in [-0.05, 0) is 38.5 Å². The topological polar surface area (TPSA) is 170 Å². The Labute approximate surface area is 262 Å². The lowest BCUT2D eigenvalue weighted by atomic mass is 9.79. The standard InChI is InChI=1S/C29H32N6O7S2/c1-15(2)33(10-9-30)26(37)21-14-43-29(31-21)32-11-20(12-32)44-25-16(3)23-22(17(4)36)27(38)34(23)24(25)28(39)42-13-18-5-7-19(8-6-18)35(40)41/h5-8,14-17,20,22-23,36H,10-13H2,1-4H3/t16-,17-,22-,23-/m1/s1. The Kier molecular flexibility index (Phi) is 8.96. The molecule has 2 aromatic rings. The number of nitriles is 1. The van der Waals surface area contributed by atoms with E-state index in [1.54, 1.807) is 12.3 Å². The molecule has 232 valence electrons. The van der Waals surface area contributed by atoms with E-state index in [1.165, 1.54) is 57.2 Å². The monoisotopic (exact) mass is 640 g/mol. The third kappa shape index (κ3) is 5.76. The van der Waals surface area contributed by atoms with Crippen LogP contribution in [0.1, 0.15) is 43.7 Å². The fourth-order valence-corrected chi connectivity index (χ4v) is 8.00. The van der Waals surface area contributed by atoms with E-state index in [1.807, 2.05) is 31.7 Å². The van der Waals surface area contributed by atoms with Crippen LogP contribution >= 0.6 is 23.1 Å². The second kappa shape index (κ2) is 12.5. The van der Waals surface area contributed by atoms with Gasteiger partial charge in [-0.25, -0.2) is 9.78 Å². The summed E-state index contributed by atoms with van der Waals surface area (Å²) < 4.78 is 5.58. The number of nitro benzene ring substituents is 1. The lowest BCUT2D eigenvalue weighted by Crippen LogP contribution is -2.63. The van der Waals surface area contributed by atoms with Gasteiger partial charge < -0.3 is 24.5 Å². The van der Waals surface area contributed by atoms with Crippen LogP contribution in [0.15, 0.2) is 40.2 Å². The number of thiazole rings is 1. The van der Waals surface area contributed by atoms with Crippen LogP contribution in [0.2, 0.25) is 0 Å². The largest absolute Gasteiger partial charge is 0.456 e. The predicted octanol–water partition coefficient (Wildman–Crippen LogP) is 3.16. The van der Waals surface area contributed by atoms with E-state index in [0.717, 1.165) is 4.91 Å². The van der Waals surface area contributed by atoms with E-state index in [-0.39, 0.29) is 59.6 Å². The van der Waals surface area contributed by atoms with Gasteiger partial charge in [-0.2, -0.15) is 5.26 Å². The quantitative estimate of drug-likeness (QED) is 0.126. The van der Waals surface area contributed by atoms with Crippen LogP contribution in [0, 0.1) is 33.3 Å². The molecule has 2 saturated heterocycles. The van der Waals surface area contributed by atoms with Crippen LogP contribution < -0.4 is 4.90 Å². The first-order chi connectivity index (χ1) is 20.9. The van der Waals surface area contributed by atoms with Gasteiger partial charge >= 0.3 is 5.97 Å². The summed E-state index contributed by atoms with van der Waals surface area (Å²) in [5.74, 6) is -2.09. The molecule has 0 radical (unpaired) electrons. The SMILES string of the molecule is CC(C)N(CC#N)C(=O)c1csc(N2CC(SC3=C(C(=O)OCc4ccc([N+](=O)[O-])cc4)N4C(=O)[C@H]([C@@H](C)O)[C@H]4[C@H]3C)C2)n1. The van der Waals surface area contributed by atoms with Crippen molar-refractivity contribution >= 4 is 51.7 Å². The second-order valence-electron chi connectivity index (χ2n) is 11.3. The van der Waals surface area contributed by atoms with Crippen molar-refractivity contribution in [1.29, 1.82) is 5.26 Å². The summed E-state index contributed by atoms with van der Waals surface area (Å²) in [5, 5.41) is 32.8. The van der Waals surface area contributed by atoms with Crippen LogP contribution in [0.4, 0.5) is 10.8 Å². The van der Waals surface area contributed by atoms with E-state index in [0.29, 0.717) is 29.5 Å². The number of aliphatic hydroxyl groups is 1. The van der Waals surface area contributed by atoms with Gasteiger partial charge in [0.25, 0.3) is 11.6 Å². The number of ether oxygens (including phenoxy) is 1. The summed E-state index contributed by atoms with van der Waals surface area (Å²) in [6, 6.07) is 7.22. The number of nitrogens with zero attached hydrogens (tertiary/aromatic N) is 6. The number of rotatable bonds is 11. The summed E-state index contributed by atoms with van der Waals surface area (Å²) in [5.41, 5.74) is 0.972. The van der Waals surface area contributed by atoms with Gasteiger partial charge in [0.15, 0.2) is 5.13 Å². The first-order valence-electron chi connectivity index (χ1n) is 14.1. The first kappa shape index (κ1) is 31.4. The summed E-state index contributed by atoms with van der Waals surface area (Å²) in [7, 11) is 0. The number of non-ortho nitro benzene ring substituents is 1. The predicted molar refractivity (Wildman–Crippen MR) is 162 cm³/mol. The second-order valence-corrected chi connectivity index (χ2v) is 13.5. The van der Waals surface area contributed by atoms with Crippen LogP contribution in [0.25, 0.3) is 0 Å². The number of anilines is 1. The maximum absolute atomic E-state index is 13.4. The number of thioether (sulfide) groups is 1. The van der Waals surface area contributed by atoms with Gasteiger partial charge in [0, 0.05) is 52.7 Å². The summed E-state index contributed by atoms with van der Waals surface area (Å²) in [6.45, 7) is 8.28. The molecule has 0 unspecified atom stereocenters. The minimum Gasteiger partial charge on any atom is -0.456 e. The van der Waals surface area contributed by atoms with E-state index in [9.17, 15) is 29.6 Å². The number of aromatic nitrogens is 1. The highest BCUT2D eigenvalue weighted by molar-refractivity contribution is 8.03. The molecule has 5 rings (SSSR count). The molecule has 2 fully saturated rings.